The maximum atomic E-state index is 9.43. The Morgan fingerprint density at radius 3 is 2.71 bits per heavy atom. The molecule has 0 aliphatic carbocycles. The zero-order chi connectivity index (χ0) is 19.5. The van der Waals surface area contributed by atoms with Crippen molar-refractivity contribution in [3.63, 3.8) is 0 Å². The van der Waals surface area contributed by atoms with Gasteiger partial charge in [-0.25, -0.2) is 4.98 Å². The summed E-state index contributed by atoms with van der Waals surface area (Å²) in [6.07, 6.45) is 1.93. The van der Waals surface area contributed by atoms with Gasteiger partial charge in [-0.3, -0.25) is 4.90 Å². The molecule has 0 unspecified atom stereocenters. The summed E-state index contributed by atoms with van der Waals surface area (Å²) in [5.41, 5.74) is 3.51. The number of aromatic amines is 1. The average molecular weight is 374 g/mol. The Labute approximate surface area is 165 Å². The van der Waals surface area contributed by atoms with Crippen LogP contribution in [-0.2, 0) is 0 Å². The smallest absolute Gasteiger partial charge is 0.144 e. The van der Waals surface area contributed by atoms with Gasteiger partial charge in [-0.15, -0.1) is 0 Å². The molecule has 4 rings (SSSR count). The van der Waals surface area contributed by atoms with Crippen molar-refractivity contribution < 1.29 is 0 Å². The SMILES string of the molecule is CC(C)CN1CCN(c2cc(C#N)nc(Nc3ccc4cc[nH]c4c3)c2)CC1. The third kappa shape index (κ3) is 4.10. The normalized spacial score (nSPS) is 15.1. The molecule has 6 nitrogen and oxygen atoms in total. The van der Waals surface area contributed by atoms with Gasteiger partial charge in [0.1, 0.15) is 17.6 Å². The van der Waals surface area contributed by atoms with Crippen molar-refractivity contribution in [2.75, 3.05) is 42.9 Å². The van der Waals surface area contributed by atoms with Gasteiger partial charge in [-0.1, -0.05) is 19.9 Å². The summed E-state index contributed by atoms with van der Waals surface area (Å²) in [5, 5.41) is 14.0. The van der Waals surface area contributed by atoms with Crippen molar-refractivity contribution in [3.8, 4) is 6.07 Å². The quantitative estimate of drug-likeness (QED) is 0.707. The predicted molar refractivity (Wildman–Crippen MR) is 114 cm³/mol. The number of pyridine rings is 1. The molecule has 0 saturated carbocycles. The summed E-state index contributed by atoms with van der Waals surface area (Å²) in [6, 6.07) is 14.3. The molecule has 2 aromatic heterocycles. The summed E-state index contributed by atoms with van der Waals surface area (Å²) >= 11 is 0. The minimum atomic E-state index is 0.436. The summed E-state index contributed by atoms with van der Waals surface area (Å²) in [5.74, 6) is 1.38. The Kier molecular flexibility index (Phi) is 5.18. The lowest BCUT2D eigenvalue weighted by Gasteiger charge is -2.37. The van der Waals surface area contributed by atoms with Crippen molar-refractivity contribution >= 4 is 28.1 Å². The number of fused-ring (bicyclic) bond motifs is 1. The molecule has 28 heavy (non-hydrogen) atoms. The maximum Gasteiger partial charge on any atom is 0.144 e. The van der Waals surface area contributed by atoms with Crippen molar-refractivity contribution in [1.82, 2.24) is 14.9 Å². The van der Waals surface area contributed by atoms with Gasteiger partial charge in [0.2, 0.25) is 0 Å². The van der Waals surface area contributed by atoms with E-state index >= 15 is 0 Å². The van der Waals surface area contributed by atoms with Crippen LogP contribution in [0.5, 0.6) is 0 Å². The average Bonchev–Trinajstić information content (AvgIpc) is 3.15. The number of hydrogen-bond donors (Lipinski definition) is 2. The molecule has 2 N–H and O–H groups in total. The molecular formula is C22H26N6. The topological polar surface area (TPSA) is 71.0 Å². The fourth-order valence-corrected chi connectivity index (χ4v) is 3.80. The van der Waals surface area contributed by atoms with Crippen molar-refractivity contribution in [3.05, 3.63) is 48.3 Å². The van der Waals surface area contributed by atoms with E-state index in [0.717, 1.165) is 49.6 Å². The van der Waals surface area contributed by atoms with E-state index in [2.05, 4.69) is 57.1 Å². The molecule has 1 fully saturated rings. The minimum absolute atomic E-state index is 0.436. The number of nitriles is 1. The third-order valence-electron chi connectivity index (χ3n) is 5.11. The number of rotatable bonds is 5. The zero-order valence-corrected chi connectivity index (χ0v) is 16.4. The molecular weight excluding hydrogens is 348 g/mol. The molecule has 1 aliphatic heterocycles. The number of nitrogens with one attached hydrogen (secondary N) is 2. The molecule has 144 valence electrons. The molecule has 0 spiro atoms. The summed E-state index contributed by atoms with van der Waals surface area (Å²) < 4.78 is 0. The molecule has 6 heteroatoms. The number of nitrogens with zero attached hydrogens (tertiary/aromatic N) is 4. The Morgan fingerprint density at radius 2 is 1.96 bits per heavy atom. The van der Waals surface area contributed by atoms with Crippen LogP contribution in [-0.4, -0.2) is 47.6 Å². The number of hydrogen-bond acceptors (Lipinski definition) is 5. The highest BCUT2D eigenvalue weighted by atomic mass is 15.3. The fourth-order valence-electron chi connectivity index (χ4n) is 3.80. The second-order valence-electron chi connectivity index (χ2n) is 7.79. The molecule has 0 bridgehead atoms. The van der Waals surface area contributed by atoms with Crippen LogP contribution in [0, 0.1) is 17.2 Å². The predicted octanol–water partition coefficient (Wildman–Crippen LogP) is 3.96. The van der Waals surface area contributed by atoms with Gasteiger partial charge in [-0.2, -0.15) is 5.26 Å². The third-order valence-corrected chi connectivity index (χ3v) is 5.11. The van der Waals surface area contributed by atoms with Gasteiger partial charge in [0.05, 0.1) is 0 Å². The molecule has 1 aromatic carbocycles. The Hall–Kier alpha value is -3.04. The first kappa shape index (κ1) is 18.3. The largest absolute Gasteiger partial charge is 0.369 e. The van der Waals surface area contributed by atoms with Gasteiger partial charge in [0.25, 0.3) is 0 Å². The fraction of sp³-hybridized carbons (Fsp3) is 0.364. The maximum absolute atomic E-state index is 9.43. The van der Waals surface area contributed by atoms with Gasteiger partial charge >= 0.3 is 0 Å². The van der Waals surface area contributed by atoms with Gasteiger partial charge in [0, 0.05) is 61.9 Å². The summed E-state index contributed by atoms with van der Waals surface area (Å²) in [6.45, 7) is 9.70. The number of benzene rings is 1. The second-order valence-corrected chi connectivity index (χ2v) is 7.79. The van der Waals surface area contributed by atoms with Crippen molar-refractivity contribution in [1.29, 1.82) is 5.26 Å². The second kappa shape index (κ2) is 7.91. The highest BCUT2D eigenvalue weighted by molar-refractivity contribution is 5.83. The standard InChI is InChI=1S/C22H26N6/c1-16(2)15-27-7-9-28(10-8-27)20-11-19(14-23)26-22(13-20)25-18-4-3-17-5-6-24-21(17)12-18/h3-6,11-13,16,24H,7-10,15H2,1-2H3,(H,25,26). The van der Waals surface area contributed by atoms with Crippen LogP contribution in [0.15, 0.2) is 42.6 Å². The Balaban J connectivity index is 1.52. The number of H-pyrrole nitrogens is 1. The summed E-state index contributed by atoms with van der Waals surface area (Å²) in [7, 11) is 0. The van der Waals surface area contributed by atoms with E-state index in [1.165, 1.54) is 5.39 Å². The van der Waals surface area contributed by atoms with Crippen molar-refractivity contribution in [2.45, 2.75) is 13.8 Å². The summed E-state index contributed by atoms with van der Waals surface area (Å²) in [4.78, 5) is 12.5. The lowest BCUT2D eigenvalue weighted by Crippen LogP contribution is -2.47. The highest BCUT2D eigenvalue weighted by Gasteiger charge is 2.19. The van der Waals surface area contributed by atoms with E-state index in [-0.39, 0.29) is 0 Å². The van der Waals surface area contributed by atoms with E-state index in [1.807, 2.05) is 30.5 Å². The first-order valence-electron chi connectivity index (χ1n) is 9.84. The van der Waals surface area contributed by atoms with Crippen molar-refractivity contribution in [2.24, 2.45) is 5.92 Å². The number of anilines is 3. The van der Waals surface area contributed by atoms with E-state index in [4.69, 9.17) is 0 Å². The van der Waals surface area contributed by atoms with Gasteiger partial charge in [0.15, 0.2) is 0 Å². The van der Waals surface area contributed by atoms with Gasteiger partial charge in [-0.05, 0) is 35.6 Å². The number of aromatic nitrogens is 2. The van der Waals surface area contributed by atoms with E-state index < -0.39 is 0 Å². The lowest BCUT2D eigenvalue weighted by molar-refractivity contribution is 0.231. The van der Waals surface area contributed by atoms with E-state index in [9.17, 15) is 5.26 Å². The van der Waals surface area contributed by atoms with Crippen LogP contribution in [0.4, 0.5) is 17.2 Å². The monoisotopic (exact) mass is 374 g/mol. The Bertz CT molecular complexity index is 992. The first-order valence-corrected chi connectivity index (χ1v) is 9.84. The molecule has 0 atom stereocenters. The molecule has 0 amide bonds. The lowest BCUT2D eigenvalue weighted by atomic mass is 10.2. The molecule has 3 aromatic rings. The number of piperazine rings is 1. The highest BCUT2D eigenvalue weighted by Crippen LogP contribution is 2.25. The van der Waals surface area contributed by atoms with Gasteiger partial charge < -0.3 is 15.2 Å². The minimum Gasteiger partial charge on any atom is -0.369 e. The van der Waals surface area contributed by atoms with Crippen LogP contribution in [0.2, 0.25) is 0 Å². The van der Waals surface area contributed by atoms with E-state index in [1.54, 1.807) is 0 Å². The van der Waals surface area contributed by atoms with Crippen LogP contribution < -0.4 is 10.2 Å². The molecule has 3 heterocycles. The Morgan fingerprint density at radius 1 is 1.14 bits per heavy atom. The van der Waals surface area contributed by atoms with Crippen LogP contribution in [0.3, 0.4) is 0 Å². The molecule has 1 saturated heterocycles. The van der Waals surface area contributed by atoms with Crippen LogP contribution in [0.25, 0.3) is 10.9 Å². The molecule has 1 aliphatic rings. The molecule has 0 radical (unpaired) electrons. The van der Waals surface area contributed by atoms with Crippen LogP contribution >= 0.6 is 0 Å². The zero-order valence-electron chi connectivity index (χ0n) is 16.4. The van der Waals surface area contributed by atoms with E-state index in [0.29, 0.717) is 17.4 Å². The first-order chi connectivity index (χ1) is 13.6. The van der Waals surface area contributed by atoms with Crippen LogP contribution in [0.1, 0.15) is 19.5 Å².